The molecule has 1 aromatic heterocycles. The van der Waals surface area contributed by atoms with Crippen molar-refractivity contribution in [2.75, 3.05) is 12.3 Å². The minimum Gasteiger partial charge on any atom is -0.311 e. The van der Waals surface area contributed by atoms with Gasteiger partial charge in [-0.2, -0.15) is 0 Å². The van der Waals surface area contributed by atoms with Crippen LogP contribution in [0.25, 0.3) is 0 Å². The Kier molecular flexibility index (Phi) is 4.33. The van der Waals surface area contributed by atoms with Crippen LogP contribution in [-0.4, -0.2) is 20.7 Å². The van der Waals surface area contributed by atoms with Crippen LogP contribution in [0, 0.1) is 0 Å². The molecule has 0 unspecified atom stereocenters. The molecule has 1 heterocycles. The molecule has 7 heteroatoms. The summed E-state index contributed by atoms with van der Waals surface area (Å²) >= 11 is 7.19. The molecule has 0 fully saturated rings. The Labute approximate surface area is 92.1 Å². The third-order valence-corrected chi connectivity index (χ3v) is 3.50. The standard InChI is InChI=1S/C7H11ClN2O2S2/c8-7-2-1-6(13-7)5-10-3-4-14(9,11)12/h1-2,10H,3-5H2,(H2,9,11,12). The maximum atomic E-state index is 10.6. The highest BCUT2D eigenvalue weighted by Crippen LogP contribution is 2.20. The van der Waals surface area contributed by atoms with Crippen molar-refractivity contribution in [1.82, 2.24) is 5.32 Å². The molecule has 0 spiro atoms. The topological polar surface area (TPSA) is 72.2 Å². The smallest absolute Gasteiger partial charge is 0.210 e. The zero-order chi connectivity index (χ0) is 10.6. The molecule has 0 saturated carbocycles. The lowest BCUT2D eigenvalue weighted by Gasteiger charge is -2.00. The first kappa shape index (κ1) is 11.9. The van der Waals surface area contributed by atoms with Gasteiger partial charge in [-0.3, -0.25) is 0 Å². The van der Waals surface area contributed by atoms with Crippen molar-refractivity contribution in [2.45, 2.75) is 6.54 Å². The highest BCUT2D eigenvalue weighted by molar-refractivity contribution is 7.89. The molecule has 14 heavy (non-hydrogen) atoms. The predicted octanol–water partition coefficient (Wildman–Crippen LogP) is 0.780. The highest BCUT2D eigenvalue weighted by atomic mass is 35.5. The van der Waals surface area contributed by atoms with Gasteiger partial charge in [-0.05, 0) is 12.1 Å². The number of thiophene rings is 1. The summed E-state index contributed by atoms with van der Waals surface area (Å²) in [7, 11) is -3.36. The number of nitrogens with two attached hydrogens (primary N) is 1. The number of primary sulfonamides is 1. The molecule has 0 aliphatic rings. The Morgan fingerprint density at radius 2 is 2.21 bits per heavy atom. The monoisotopic (exact) mass is 254 g/mol. The molecule has 0 bridgehead atoms. The fourth-order valence-corrected chi connectivity index (χ4v) is 2.36. The minimum absolute atomic E-state index is 0.0495. The first-order valence-corrected chi connectivity index (χ1v) is 6.84. The van der Waals surface area contributed by atoms with Crippen molar-refractivity contribution in [3.63, 3.8) is 0 Å². The molecule has 0 aromatic carbocycles. The van der Waals surface area contributed by atoms with Crippen LogP contribution in [0.4, 0.5) is 0 Å². The second kappa shape index (κ2) is 5.09. The van der Waals surface area contributed by atoms with E-state index in [1.54, 1.807) is 0 Å². The van der Waals surface area contributed by atoms with Gasteiger partial charge in [0.1, 0.15) is 0 Å². The summed E-state index contributed by atoms with van der Waals surface area (Å²) in [4.78, 5) is 1.07. The third-order valence-electron chi connectivity index (χ3n) is 1.49. The van der Waals surface area contributed by atoms with E-state index in [9.17, 15) is 8.42 Å². The van der Waals surface area contributed by atoms with Gasteiger partial charge in [0, 0.05) is 18.0 Å². The van der Waals surface area contributed by atoms with Crippen LogP contribution in [0.3, 0.4) is 0 Å². The van der Waals surface area contributed by atoms with Gasteiger partial charge in [0.2, 0.25) is 10.0 Å². The molecule has 0 atom stereocenters. The van der Waals surface area contributed by atoms with Crippen LogP contribution in [-0.2, 0) is 16.6 Å². The second-order valence-corrected chi connectivity index (χ2v) is 6.28. The van der Waals surface area contributed by atoms with Crippen LogP contribution in [0.5, 0.6) is 0 Å². The van der Waals surface area contributed by atoms with E-state index in [1.165, 1.54) is 11.3 Å². The second-order valence-electron chi connectivity index (χ2n) is 2.75. The van der Waals surface area contributed by atoms with Gasteiger partial charge in [-0.1, -0.05) is 11.6 Å². The Morgan fingerprint density at radius 3 is 2.71 bits per heavy atom. The summed E-state index contributed by atoms with van der Waals surface area (Å²) in [5.74, 6) is -0.0495. The third kappa shape index (κ3) is 4.92. The maximum Gasteiger partial charge on any atom is 0.210 e. The van der Waals surface area contributed by atoms with Crippen LogP contribution < -0.4 is 10.5 Å². The van der Waals surface area contributed by atoms with Crippen LogP contribution >= 0.6 is 22.9 Å². The summed E-state index contributed by atoms with van der Waals surface area (Å²) in [5, 5.41) is 7.80. The summed E-state index contributed by atoms with van der Waals surface area (Å²) < 4.78 is 21.9. The molecule has 0 aliphatic heterocycles. The van der Waals surface area contributed by atoms with E-state index in [0.717, 1.165) is 9.21 Å². The molecule has 3 N–H and O–H groups in total. The number of rotatable bonds is 5. The van der Waals surface area contributed by atoms with E-state index in [2.05, 4.69) is 5.32 Å². The first-order chi connectivity index (χ1) is 6.47. The van der Waals surface area contributed by atoms with Crippen molar-refractivity contribution >= 4 is 33.0 Å². The molecular formula is C7H11ClN2O2S2. The lowest BCUT2D eigenvalue weighted by molar-refractivity contribution is 0.592. The fourth-order valence-electron chi connectivity index (χ4n) is 0.873. The summed E-state index contributed by atoms with van der Waals surface area (Å²) in [6.45, 7) is 0.973. The van der Waals surface area contributed by atoms with Crippen molar-refractivity contribution in [3.05, 3.63) is 21.3 Å². The van der Waals surface area contributed by atoms with Gasteiger partial charge in [0.25, 0.3) is 0 Å². The van der Waals surface area contributed by atoms with Crippen LogP contribution in [0.15, 0.2) is 12.1 Å². The number of nitrogens with one attached hydrogen (secondary N) is 1. The lowest BCUT2D eigenvalue weighted by Crippen LogP contribution is -2.26. The highest BCUT2D eigenvalue weighted by Gasteiger charge is 2.02. The lowest BCUT2D eigenvalue weighted by atomic mass is 10.4. The Balaban J connectivity index is 2.23. The number of hydrogen-bond acceptors (Lipinski definition) is 4. The molecular weight excluding hydrogens is 244 g/mol. The van der Waals surface area contributed by atoms with Gasteiger partial charge >= 0.3 is 0 Å². The normalized spacial score (nSPS) is 11.9. The van der Waals surface area contributed by atoms with E-state index >= 15 is 0 Å². The molecule has 0 aliphatic carbocycles. The van der Waals surface area contributed by atoms with E-state index < -0.39 is 10.0 Å². The van der Waals surface area contributed by atoms with Gasteiger partial charge < -0.3 is 5.32 Å². The van der Waals surface area contributed by atoms with E-state index in [0.29, 0.717) is 13.1 Å². The molecule has 0 saturated heterocycles. The van der Waals surface area contributed by atoms with Crippen LogP contribution in [0.2, 0.25) is 4.34 Å². The Morgan fingerprint density at radius 1 is 1.50 bits per heavy atom. The zero-order valence-corrected chi connectivity index (χ0v) is 9.75. The van der Waals surface area contributed by atoms with Crippen molar-refractivity contribution in [2.24, 2.45) is 5.14 Å². The number of halogens is 1. The van der Waals surface area contributed by atoms with E-state index in [4.69, 9.17) is 16.7 Å². The van der Waals surface area contributed by atoms with Gasteiger partial charge in [0.05, 0.1) is 10.1 Å². The van der Waals surface area contributed by atoms with Gasteiger partial charge in [-0.15, -0.1) is 11.3 Å². The molecule has 0 radical (unpaired) electrons. The minimum atomic E-state index is -3.36. The predicted molar refractivity (Wildman–Crippen MR) is 59.0 cm³/mol. The summed E-state index contributed by atoms with van der Waals surface area (Å²) in [6, 6.07) is 3.71. The maximum absolute atomic E-state index is 10.6. The zero-order valence-electron chi connectivity index (χ0n) is 7.36. The molecule has 0 amide bonds. The van der Waals surface area contributed by atoms with Crippen molar-refractivity contribution in [3.8, 4) is 0 Å². The van der Waals surface area contributed by atoms with Crippen LogP contribution in [0.1, 0.15) is 4.88 Å². The molecule has 80 valence electrons. The average molecular weight is 255 g/mol. The molecule has 1 rings (SSSR count). The SMILES string of the molecule is NS(=O)(=O)CCNCc1ccc(Cl)s1. The number of hydrogen-bond donors (Lipinski definition) is 2. The number of sulfonamides is 1. The largest absolute Gasteiger partial charge is 0.311 e. The average Bonchev–Trinajstić information content (AvgIpc) is 2.44. The van der Waals surface area contributed by atoms with Gasteiger partial charge in [-0.25, -0.2) is 13.6 Å². The summed E-state index contributed by atoms with van der Waals surface area (Å²) in [5.41, 5.74) is 0. The molecule has 1 aromatic rings. The van der Waals surface area contributed by atoms with E-state index in [1.807, 2.05) is 12.1 Å². The quantitative estimate of drug-likeness (QED) is 0.763. The van der Waals surface area contributed by atoms with Crippen molar-refractivity contribution in [1.29, 1.82) is 0 Å². The molecule has 4 nitrogen and oxygen atoms in total. The van der Waals surface area contributed by atoms with Gasteiger partial charge in [0.15, 0.2) is 0 Å². The Hall–Kier alpha value is -0.140. The van der Waals surface area contributed by atoms with E-state index in [-0.39, 0.29) is 5.75 Å². The summed E-state index contributed by atoms with van der Waals surface area (Å²) in [6.07, 6.45) is 0. The Bertz CT molecular complexity index is 388. The van der Waals surface area contributed by atoms with Crippen molar-refractivity contribution < 1.29 is 8.42 Å². The first-order valence-electron chi connectivity index (χ1n) is 3.93. The fraction of sp³-hybridized carbons (Fsp3) is 0.429.